The smallest absolute Gasteiger partial charge is 0.181 e. The average Bonchev–Trinajstić information content (AvgIpc) is 2.42. The molecule has 1 aliphatic heterocycles. The molecular weight excluding hydrogens is 379 g/mol. The summed E-state index contributed by atoms with van der Waals surface area (Å²) in [4.78, 5) is 2.26. The zero-order chi connectivity index (χ0) is 16.5. The topological polar surface area (TPSA) is 63.4 Å². The summed E-state index contributed by atoms with van der Waals surface area (Å²) in [6.45, 7) is 6.33. The Kier molecular flexibility index (Phi) is 7.21. The van der Waals surface area contributed by atoms with E-state index in [4.69, 9.17) is 28.9 Å². The summed E-state index contributed by atoms with van der Waals surface area (Å²) in [7, 11) is -3.45. The maximum absolute atomic E-state index is 12.5. The first-order valence-corrected chi connectivity index (χ1v) is 9.68. The first-order valence-electron chi connectivity index (χ1n) is 7.27. The van der Waals surface area contributed by atoms with E-state index in [1.165, 1.54) is 12.1 Å². The molecule has 1 saturated heterocycles. The van der Waals surface area contributed by atoms with Gasteiger partial charge in [-0.25, -0.2) is 8.42 Å². The van der Waals surface area contributed by atoms with Crippen LogP contribution < -0.4 is 5.73 Å². The minimum absolute atomic E-state index is 0. The molecule has 4 nitrogen and oxygen atoms in total. The average molecular weight is 402 g/mol. The van der Waals surface area contributed by atoms with Crippen LogP contribution in [0.15, 0.2) is 23.1 Å². The van der Waals surface area contributed by atoms with Crippen LogP contribution in [0.5, 0.6) is 0 Å². The number of sulfone groups is 1. The molecule has 0 aromatic heterocycles. The van der Waals surface area contributed by atoms with Crippen molar-refractivity contribution in [1.82, 2.24) is 4.90 Å². The first kappa shape index (κ1) is 21.0. The second-order valence-electron chi connectivity index (χ2n) is 6.55. The van der Waals surface area contributed by atoms with E-state index in [0.717, 1.165) is 19.5 Å². The molecule has 1 fully saturated rings. The van der Waals surface area contributed by atoms with Gasteiger partial charge < -0.3 is 10.6 Å². The normalized spacial score (nSPS) is 21.7. The molecule has 1 unspecified atom stereocenters. The standard InChI is InChI=1S/C15H22Cl2N2O2S.ClH/c1-15(2)10-19(6-5-14(15)18)7-8-22(20,21)13-9-11(16)3-4-12(13)17;/h3-4,9,14H,5-8,10,18H2,1-2H3;1H. The van der Waals surface area contributed by atoms with Gasteiger partial charge in [-0.15, -0.1) is 12.4 Å². The van der Waals surface area contributed by atoms with Gasteiger partial charge in [0.1, 0.15) is 0 Å². The van der Waals surface area contributed by atoms with Crippen molar-refractivity contribution in [2.45, 2.75) is 31.2 Å². The number of likely N-dealkylation sites (tertiary alicyclic amines) is 1. The molecule has 0 amide bonds. The Balaban J connectivity index is 0.00000264. The highest BCUT2D eigenvalue weighted by Gasteiger charge is 2.33. The molecule has 8 heteroatoms. The van der Waals surface area contributed by atoms with Gasteiger partial charge in [-0.1, -0.05) is 37.0 Å². The Morgan fingerprint density at radius 2 is 2.00 bits per heavy atom. The van der Waals surface area contributed by atoms with Crippen molar-refractivity contribution < 1.29 is 8.42 Å². The number of benzene rings is 1. The fourth-order valence-electron chi connectivity index (χ4n) is 2.75. The summed E-state index contributed by atoms with van der Waals surface area (Å²) < 4.78 is 25.0. The van der Waals surface area contributed by atoms with Gasteiger partial charge in [-0.2, -0.15) is 0 Å². The third-order valence-corrected chi connectivity index (χ3v) is 6.70. The minimum Gasteiger partial charge on any atom is -0.327 e. The van der Waals surface area contributed by atoms with Crippen LogP contribution in [0.2, 0.25) is 10.0 Å². The van der Waals surface area contributed by atoms with Crippen molar-refractivity contribution in [1.29, 1.82) is 0 Å². The van der Waals surface area contributed by atoms with Crippen molar-refractivity contribution in [3.63, 3.8) is 0 Å². The number of piperidine rings is 1. The molecule has 0 radical (unpaired) electrons. The predicted molar refractivity (Wildman–Crippen MR) is 98.6 cm³/mol. The maximum Gasteiger partial charge on any atom is 0.181 e. The largest absolute Gasteiger partial charge is 0.327 e. The lowest BCUT2D eigenvalue weighted by atomic mass is 9.80. The van der Waals surface area contributed by atoms with Crippen molar-refractivity contribution in [2.24, 2.45) is 11.1 Å². The molecule has 132 valence electrons. The van der Waals surface area contributed by atoms with Gasteiger partial charge >= 0.3 is 0 Å². The SMILES string of the molecule is CC1(C)CN(CCS(=O)(=O)c2cc(Cl)ccc2Cl)CCC1N.Cl. The Bertz CT molecular complexity index is 650. The van der Waals surface area contributed by atoms with Gasteiger partial charge in [0.25, 0.3) is 0 Å². The quantitative estimate of drug-likeness (QED) is 0.841. The lowest BCUT2D eigenvalue weighted by Gasteiger charge is -2.42. The van der Waals surface area contributed by atoms with Gasteiger partial charge in [0.2, 0.25) is 0 Å². The van der Waals surface area contributed by atoms with E-state index in [9.17, 15) is 8.42 Å². The summed E-state index contributed by atoms with van der Waals surface area (Å²) in [5.41, 5.74) is 6.10. The van der Waals surface area contributed by atoms with Crippen LogP contribution in [0, 0.1) is 5.41 Å². The number of hydrogen-bond acceptors (Lipinski definition) is 4. The van der Waals surface area contributed by atoms with Gasteiger partial charge in [-0.3, -0.25) is 0 Å². The minimum atomic E-state index is -3.45. The van der Waals surface area contributed by atoms with Crippen molar-refractivity contribution >= 4 is 45.4 Å². The lowest BCUT2D eigenvalue weighted by molar-refractivity contribution is 0.101. The van der Waals surface area contributed by atoms with Gasteiger partial charge in [-0.05, 0) is 36.6 Å². The molecule has 0 spiro atoms. The number of nitrogens with two attached hydrogens (primary N) is 1. The summed E-state index contributed by atoms with van der Waals surface area (Å²) in [5.74, 6) is 0.0262. The third-order valence-electron chi connectivity index (χ3n) is 4.30. The summed E-state index contributed by atoms with van der Waals surface area (Å²) in [6, 6.07) is 4.66. The van der Waals surface area contributed by atoms with E-state index in [1.807, 2.05) is 0 Å². The molecule has 1 aromatic carbocycles. The molecule has 0 aliphatic carbocycles. The molecule has 23 heavy (non-hydrogen) atoms. The fraction of sp³-hybridized carbons (Fsp3) is 0.600. The van der Waals surface area contributed by atoms with Crippen LogP contribution in [0.4, 0.5) is 0 Å². The van der Waals surface area contributed by atoms with Crippen LogP contribution in [0.1, 0.15) is 20.3 Å². The predicted octanol–water partition coefficient (Wildman–Crippen LogP) is 3.25. The monoisotopic (exact) mass is 400 g/mol. The Morgan fingerprint density at radius 1 is 1.35 bits per heavy atom. The van der Waals surface area contributed by atoms with E-state index >= 15 is 0 Å². The van der Waals surface area contributed by atoms with Crippen LogP contribution >= 0.6 is 35.6 Å². The second kappa shape index (κ2) is 7.89. The highest BCUT2D eigenvalue weighted by atomic mass is 35.5. The second-order valence-corrected chi connectivity index (χ2v) is 9.47. The van der Waals surface area contributed by atoms with Crippen LogP contribution in [-0.4, -0.2) is 44.7 Å². The van der Waals surface area contributed by atoms with E-state index in [-0.39, 0.29) is 39.5 Å². The molecule has 0 saturated carbocycles. The zero-order valence-corrected chi connectivity index (χ0v) is 16.4. The van der Waals surface area contributed by atoms with Crippen molar-refractivity contribution in [2.75, 3.05) is 25.4 Å². The van der Waals surface area contributed by atoms with E-state index in [1.54, 1.807) is 6.07 Å². The highest BCUT2D eigenvalue weighted by Crippen LogP contribution is 2.29. The number of rotatable bonds is 4. The van der Waals surface area contributed by atoms with Crippen molar-refractivity contribution in [3.05, 3.63) is 28.2 Å². The number of hydrogen-bond donors (Lipinski definition) is 1. The summed E-state index contributed by atoms with van der Waals surface area (Å²) in [5, 5.41) is 0.582. The molecule has 1 heterocycles. The number of nitrogens with zero attached hydrogens (tertiary/aromatic N) is 1. The third kappa shape index (κ3) is 5.21. The van der Waals surface area contributed by atoms with Gasteiger partial charge in [0.15, 0.2) is 9.84 Å². The zero-order valence-electron chi connectivity index (χ0n) is 13.3. The van der Waals surface area contributed by atoms with Crippen molar-refractivity contribution in [3.8, 4) is 0 Å². The Labute approximate surface area is 154 Å². The van der Waals surface area contributed by atoms with Gasteiger partial charge in [0, 0.05) is 24.2 Å². The van der Waals surface area contributed by atoms with E-state index in [0.29, 0.717) is 11.6 Å². The summed E-state index contributed by atoms with van der Waals surface area (Å²) >= 11 is 11.9. The summed E-state index contributed by atoms with van der Waals surface area (Å²) in [6.07, 6.45) is 0.880. The van der Waals surface area contributed by atoms with Crippen LogP contribution in [0.3, 0.4) is 0 Å². The first-order chi connectivity index (χ1) is 10.1. The number of halogens is 3. The van der Waals surface area contributed by atoms with E-state index < -0.39 is 9.84 Å². The molecular formula is C15H23Cl3N2O2S. The lowest BCUT2D eigenvalue weighted by Crippen LogP contribution is -2.53. The van der Waals surface area contributed by atoms with Crippen LogP contribution in [0.25, 0.3) is 0 Å². The molecule has 0 bridgehead atoms. The molecule has 1 atom stereocenters. The highest BCUT2D eigenvalue weighted by molar-refractivity contribution is 7.91. The molecule has 2 N–H and O–H groups in total. The van der Waals surface area contributed by atoms with E-state index in [2.05, 4.69) is 18.7 Å². The Hall–Kier alpha value is -0.0400. The maximum atomic E-state index is 12.5. The fourth-order valence-corrected chi connectivity index (χ4v) is 4.85. The van der Waals surface area contributed by atoms with Crippen LogP contribution in [-0.2, 0) is 9.84 Å². The molecule has 2 rings (SSSR count). The Morgan fingerprint density at radius 3 is 2.61 bits per heavy atom. The molecule has 1 aliphatic rings. The molecule has 1 aromatic rings. The van der Waals surface area contributed by atoms with Gasteiger partial charge in [0.05, 0.1) is 15.7 Å².